The van der Waals surface area contributed by atoms with Crippen LogP contribution >= 0.6 is 11.8 Å². The lowest BCUT2D eigenvalue weighted by Gasteiger charge is -2.17. The van der Waals surface area contributed by atoms with Crippen LogP contribution in [0.15, 0.2) is 30.3 Å². The lowest BCUT2D eigenvalue weighted by Crippen LogP contribution is -2.48. The molecule has 4 N–H and O–H groups in total. The molecule has 0 radical (unpaired) electrons. The minimum absolute atomic E-state index is 0.495. The van der Waals surface area contributed by atoms with Gasteiger partial charge in [-0.05, 0) is 17.9 Å². The Balaban J connectivity index is 2.36. The number of hydrogen-bond donors (Lipinski definition) is 3. The standard InChI is InChI=1S/C12H18N2O3S/c1-2-18-8-10(13)11(15)12(16)14-17-9-6-4-3-5-7-9/h3-7,10-11,15H,2,8,13H2,1H3,(H,14,16)/t10-,11?/m1/s1. The van der Waals surface area contributed by atoms with Crippen LogP contribution in [0.4, 0.5) is 0 Å². The number of carbonyl (C=O) groups excluding carboxylic acids is 1. The number of nitrogens with one attached hydrogen (secondary N) is 1. The van der Waals surface area contributed by atoms with Crippen LogP contribution in [0.5, 0.6) is 5.75 Å². The van der Waals surface area contributed by atoms with E-state index < -0.39 is 18.1 Å². The van der Waals surface area contributed by atoms with E-state index in [-0.39, 0.29) is 0 Å². The molecule has 100 valence electrons. The summed E-state index contributed by atoms with van der Waals surface area (Å²) in [7, 11) is 0. The van der Waals surface area contributed by atoms with Crippen molar-refractivity contribution in [2.75, 3.05) is 11.5 Å². The van der Waals surface area contributed by atoms with Gasteiger partial charge < -0.3 is 15.7 Å². The Morgan fingerprint density at radius 2 is 2.17 bits per heavy atom. The number of thioether (sulfide) groups is 1. The Kier molecular flexibility index (Phi) is 6.56. The van der Waals surface area contributed by atoms with Gasteiger partial charge in [-0.15, -0.1) is 0 Å². The summed E-state index contributed by atoms with van der Waals surface area (Å²) < 4.78 is 0. The molecule has 1 aromatic carbocycles. The van der Waals surface area contributed by atoms with E-state index in [2.05, 4.69) is 5.48 Å². The topological polar surface area (TPSA) is 84.6 Å². The molecule has 1 unspecified atom stereocenters. The molecule has 1 amide bonds. The molecule has 0 spiro atoms. The van der Waals surface area contributed by atoms with Gasteiger partial charge in [-0.1, -0.05) is 25.1 Å². The normalized spacial score (nSPS) is 13.7. The van der Waals surface area contributed by atoms with E-state index in [0.717, 1.165) is 5.75 Å². The molecule has 0 aliphatic heterocycles. The molecule has 2 atom stereocenters. The monoisotopic (exact) mass is 270 g/mol. The third-order valence-corrected chi connectivity index (χ3v) is 3.23. The van der Waals surface area contributed by atoms with Crippen LogP contribution in [-0.4, -0.2) is 34.7 Å². The molecule has 1 aromatic rings. The SMILES string of the molecule is CCSC[C@@H](N)C(O)C(=O)NOc1ccccc1. The van der Waals surface area contributed by atoms with Crippen molar-refractivity contribution in [2.24, 2.45) is 5.73 Å². The molecule has 0 aliphatic carbocycles. The van der Waals surface area contributed by atoms with Gasteiger partial charge in [-0.3, -0.25) is 4.79 Å². The average molecular weight is 270 g/mol. The summed E-state index contributed by atoms with van der Waals surface area (Å²) in [6.45, 7) is 1.99. The molecule has 6 heteroatoms. The highest BCUT2D eigenvalue weighted by atomic mass is 32.2. The lowest BCUT2D eigenvalue weighted by molar-refractivity contribution is -0.137. The van der Waals surface area contributed by atoms with Crippen molar-refractivity contribution in [3.8, 4) is 5.75 Å². The van der Waals surface area contributed by atoms with Crippen molar-refractivity contribution >= 4 is 17.7 Å². The van der Waals surface area contributed by atoms with Gasteiger partial charge in [0, 0.05) is 11.8 Å². The van der Waals surface area contributed by atoms with Crippen molar-refractivity contribution < 1.29 is 14.7 Å². The first-order valence-electron chi connectivity index (χ1n) is 5.68. The number of hydroxylamine groups is 1. The first-order chi connectivity index (χ1) is 8.65. The second kappa shape index (κ2) is 7.97. The summed E-state index contributed by atoms with van der Waals surface area (Å²) in [5.41, 5.74) is 7.86. The highest BCUT2D eigenvalue weighted by Gasteiger charge is 2.23. The molecule has 0 bridgehead atoms. The molecule has 1 rings (SSSR count). The molecule has 0 saturated carbocycles. The van der Waals surface area contributed by atoms with E-state index in [1.165, 1.54) is 0 Å². The third-order valence-electron chi connectivity index (χ3n) is 2.20. The fourth-order valence-corrected chi connectivity index (χ4v) is 1.89. The maximum Gasteiger partial charge on any atom is 0.283 e. The minimum Gasteiger partial charge on any atom is -0.381 e. The number of para-hydroxylation sites is 1. The predicted molar refractivity (Wildman–Crippen MR) is 72.2 cm³/mol. The van der Waals surface area contributed by atoms with Crippen molar-refractivity contribution in [3.05, 3.63) is 30.3 Å². The Morgan fingerprint density at radius 3 is 2.78 bits per heavy atom. The van der Waals surface area contributed by atoms with Gasteiger partial charge in [0.15, 0.2) is 11.9 Å². The van der Waals surface area contributed by atoms with Gasteiger partial charge in [-0.25, -0.2) is 0 Å². The van der Waals surface area contributed by atoms with Crippen LogP contribution in [0.25, 0.3) is 0 Å². The second-order valence-corrected chi connectivity index (χ2v) is 4.97. The maximum atomic E-state index is 11.5. The fourth-order valence-electron chi connectivity index (χ4n) is 1.20. The van der Waals surface area contributed by atoms with Crippen LogP contribution < -0.4 is 16.1 Å². The van der Waals surface area contributed by atoms with E-state index in [1.54, 1.807) is 36.0 Å². The molecule has 0 saturated heterocycles. The highest BCUT2D eigenvalue weighted by Crippen LogP contribution is 2.07. The van der Waals surface area contributed by atoms with Crippen LogP contribution in [0.1, 0.15) is 6.92 Å². The zero-order valence-electron chi connectivity index (χ0n) is 10.2. The molecule has 0 aromatic heterocycles. The second-order valence-electron chi connectivity index (χ2n) is 3.65. The highest BCUT2D eigenvalue weighted by molar-refractivity contribution is 7.99. The van der Waals surface area contributed by atoms with Crippen molar-refractivity contribution in [1.82, 2.24) is 5.48 Å². The number of amides is 1. The number of benzene rings is 1. The number of nitrogens with two attached hydrogens (primary N) is 1. The van der Waals surface area contributed by atoms with Gasteiger partial charge >= 0.3 is 0 Å². The summed E-state index contributed by atoms with van der Waals surface area (Å²) in [6.07, 6.45) is -1.27. The average Bonchev–Trinajstić information content (AvgIpc) is 2.42. The van der Waals surface area contributed by atoms with Crippen molar-refractivity contribution in [2.45, 2.75) is 19.1 Å². The quantitative estimate of drug-likeness (QED) is 0.630. The largest absolute Gasteiger partial charge is 0.381 e. The van der Waals surface area contributed by atoms with E-state index in [4.69, 9.17) is 10.6 Å². The molecule has 5 nitrogen and oxygen atoms in total. The van der Waals surface area contributed by atoms with E-state index in [1.807, 2.05) is 13.0 Å². The number of hydrogen-bond acceptors (Lipinski definition) is 5. The summed E-state index contributed by atoms with van der Waals surface area (Å²) in [4.78, 5) is 16.6. The summed E-state index contributed by atoms with van der Waals surface area (Å²) in [5, 5.41) is 9.66. The minimum atomic E-state index is -1.27. The van der Waals surface area contributed by atoms with Gasteiger partial charge in [0.05, 0.1) is 0 Å². The first kappa shape index (κ1) is 14.8. The van der Waals surface area contributed by atoms with Gasteiger partial charge in [-0.2, -0.15) is 17.2 Å². The number of carbonyl (C=O) groups is 1. The molecule has 0 aliphatic rings. The molecular formula is C12H18N2O3S. The zero-order valence-corrected chi connectivity index (χ0v) is 11.0. The van der Waals surface area contributed by atoms with Crippen molar-refractivity contribution in [1.29, 1.82) is 0 Å². The van der Waals surface area contributed by atoms with E-state index >= 15 is 0 Å². The van der Waals surface area contributed by atoms with Gasteiger partial charge in [0.25, 0.3) is 5.91 Å². The first-order valence-corrected chi connectivity index (χ1v) is 6.83. The molecular weight excluding hydrogens is 252 g/mol. The molecule has 18 heavy (non-hydrogen) atoms. The summed E-state index contributed by atoms with van der Waals surface area (Å²) >= 11 is 1.57. The fraction of sp³-hybridized carbons (Fsp3) is 0.417. The predicted octanol–water partition coefficient (Wildman–Crippen LogP) is 0.538. The maximum absolute atomic E-state index is 11.5. The van der Waals surface area contributed by atoms with Gasteiger partial charge in [0.1, 0.15) is 0 Å². The van der Waals surface area contributed by atoms with Crippen LogP contribution in [0.3, 0.4) is 0 Å². The van der Waals surface area contributed by atoms with E-state index in [9.17, 15) is 9.90 Å². The van der Waals surface area contributed by atoms with Gasteiger partial charge in [0.2, 0.25) is 0 Å². The van der Waals surface area contributed by atoms with E-state index in [0.29, 0.717) is 11.5 Å². The number of aliphatic hydroxyl groups is 1. The molecule has 0 heterocycles. The Morgan fingerprint density at radius 1 is 1.50 bits per heavy atom. The Bertz CT molecular complexity index is 362. The van der Waals surface area contributed by atoms with Crippen molar-refractivity contribution in [3.63, 3.8) is 0 Å². The van der Waals surface area contributed by atoms with Crippen LogP contribution in [0.2, 0.25) is 0 Å². The summed E-state index contributed by atoms with van der Waals surface area (Å²) in [6, 6.07) is 8.18. The zero-order chi connectivity index (χ0) is 13.4. The number of rotatable bonds is 7. The Labute approximate surface area is 111 Å². The number of aliphatic hydroxyl groups excluding tert-OH is 1. The lowest BCUT2D eigenvalue weighted by atomic mass is 10.2. The third kappa shape index (κ3) is 4.95. The Hall–Kier alpha value is -1.24. The van der Waals surface area contributed by atoms with Crippen LogP contribution in [0, 0.1) is 0 Å². The molecule has 0 fully saturated rings. The van der Waals surface area contributed by atoms with Crippen LogP contribution in [-0.2, 0) is 4.79 Å². The smallest absolute Gasteiger partial charge is 0.283 e. The summed E-state index contributed by atoms with van der Waals surface area (Å²) in [5.74, 6) is 1.27.